The number of nitrogens with zero attached hydrogens (tertiary/aromatic N) is 2. The van der Waals surface area contributed by atoms with Gasteiger partial charge in [0.2, 0.25) is 11.8 Å². The van der Waals surface area contributed by atoms with E-state index in [0.29, 0.717) is 39.0 Å². The Kier molecular flexibility index (Phi) is 7.67. The minimum atomic E-state index is -1.19. The van der Waals surface area contributed by atoms with Crippen LogP contribution in [0, 0.1) is 6.92 Å². The number of nitrogens with one attached hydrogen (secondary N) is 2. The Hall–Kier alpha value is -2.91. The number of carbonyl (C=O) groups excluding carboxylic acids is 4. The average Bonchev–Trinajstić information content (AvgIpc) is 3.41. The highest BCUT2D eigenvalue weighted by molar-refractivity contribution is 7.18. The lowest BCUT2D eigenvalue weighted by Gasteiger charge is -2.27. The number of carbonyl (C=O) groups is 4. The number of benzene rings is 1. The fraction of sp³-hybridized carbons (Fsp3) is 0.417. The van der Waals surface area contributed by atoms with Gasteiger partial charge in [0.25, 0.3) is 11.8 Å². The first kappa shape index (κ1) is 25.7. The van der Waals surface area contributed by atoms with Crippen molar-refractivity contribution in [2.75, 3.05) is 26.0 Å². The third-order valence-electron chi connectivity index (χ3n) is 5.74. The predicted molar refractivity (Wildman–Crippen MR) is 133 cm³/mol. The summed E-state index contributed by atoms with van der Waals surface area (Å²) in [7, 11) is 3.37. The van der Waals surface area contributed by atoms with Crippen LogP contribution in [-0.2, 0) is 9.59 Å². The molecule has 34 heavy (non-hydrogen) atoms. The van der Waals surface area contributed by atoms with Gasteiger partial charge in [-0.15, -0.1) is 11.3 Å². The Bertz CT molecular complexity index is 1130. The van der Waals surface area contributed by atoms with E-state index in [9.17, 15) is 19.2 Å². The van der Waals surface area contributed by atoms with Crippen molar-refractivity contribution in [3.8, 4) is 0 Å². The molecule has 0 radical (unpaired) electrons. The van der Waals surface area contributed by atoms with Gasteiger partial charge in [-0.2, -0.15) is 0 Å². The Morgan fingerprint density at radius 3 is 2.44 bits per heavy atom. The zero-order valence-corrected chi connectivity index (χ0v) is 21.5. The van der Waals surface area contributed by atoms with Crippen molar-refractivity contribution < 1.29 is 19.2 Å². The molecule has 182 valence electrons. The first-order valence-electron chi connectivity index (χ1n) is 10.9. The minimum absolute atomic E-state index is 0.0820. The standard InChI is InChI=1S/C24H29ClN4O4S/c1-14-13-15(26-23(33)24(2,3)27-20(30)18-10-11-19(25)34-18)8-9-16(14)21(31)29-12-6-7-17(29)22(32)28(4)5/h8-11,13,17H,6-7,12H2,1-5H3,(H,26,33)(H,27,30)/t17-/m0/s1. The molecular weight excluding hydrogens is 476 g/mol. The molecule has 1 aromatic heterocycles. The fourth-order valence-corrected chi connectivity index (χ4v) is 4.76. The lowest BCUT2D eigenvalue weighted by atomic mass is 10.0. The van der Waals surface area contributed by atoms with E-state index in [0.717, 1.165) is 17.8 Å². The van der Waals surface area contributed by atoms with Crippen LogP contribution in [0.5, 0.6) is 0 Å². The first-order valence-corrected chi connectivity index (χ1v) is 12.1. The van der Waals surface area contributed by atoms with Crippen molar-refractivity contribution in [1.29, 1.82) is 0 Å². The molecule has 2 aromatic rings. The summed E-state index contributed by atoms with van der Waals surface area (Å²) in [6.07, 6.45) is 1.43. The van der Waals surface area contributed by atoms with Crippen LogP contribution in [-0.4, -0.2) is 65.6 Å². The van der Waals surface area contributed by atoms with Crippen LogP contribution >= 0.6 is 22.9 Å². The van der Waals surface area contributed by atoms with E-state index >= 15 is 0 Å². The number of amides is 4. The van der Waals surface area contributed by atoms with E-state index in [1.54, 1.807) is 70.1 Å². The molecule has 2 heterocycles. The van der Waals surface area contributed by atoms with Crippen molar-refractivity contribution in [1.82, 2.24) is 15.1 Å². The van der Waals surface area contributed by atoms with Crippen LogP contribution in [0.3, 0.4) is 0 Å². The molecule has 0 spiro atoms. The van der Waals surface area contributed by atoms with Gasteiger partial charge >= 0.3 is 0 Å². The number of likely N-dealkylation sites (N-methyl/N-ethyl adjacent to an activating group) is 1. The van der Waals surface area contributed by atoms with Crippen LogP contribution in [0.15, 0.2) is 30.3 Å². The number of anilines is 1. The van der Waals surface area contributed by atoms with E-state index in [1.165, 1.54) is 4.90 Å². The van der Waals surface area contributed by atoms with Crippen LogP contribution in [0.4, 0.5) is 5.69 Å². The normalized spacial score (nSPS) is 15.7. The molecule has 1 aliphatic rings. The van der Waals surface area contributed by atoms with Gasteiger partial charge < -0.3 is 20.4 Å². The second kappa shape index (κ2) is 10.1. The number of likely N-dealkylation sites (tertiary alicyclic amines) is 1. The van der Waals surface area contributed by atoms with Gasteiger partial charge in [-0.3, -0.25) is 19.2 Å². The molecule has 1 atom stereocenters. The highest BCUT2D eigenvalue weighted by Crippen LogP contribution is 2.25. The molecular formula is C24H29ClN4O4S. The highest BCUT2D eigenvalue weighted by Gasteiger charge is 2.36. The maximum absolute atomic E-state index is 13.2. The van der Waals surface area contributed by atoms with E-state index in [-0.39, 0.29) is 17.7 Å². The van der Waals surface area contributed by atoms with E-state index in [2.05, 4.69) is 10.6 Å². The van der Waals surface area contributed by atoms with Gasteiger partial charge in [-0.25, -0.2) is 0 Å². The summed E-state index contributed by atoms with van der Waals surface area (Å²) in [5, 5.41) is 5.52. The number of rotatable bonds is 6. The van der Waals surface area contributed by atoms with Gasteiger partial charge in [-0.05, 0) is 69.5 Å². The number of thiophene rings is 1. The summed E-state index contributed by atoms with van der Waals surface area (Å²) < 4.78 is 0.490. The molecule has 1 saturated heterocycles. The fourth-order valence-electron chi connectivity index (χ4n) is 3.83. The zero-order chi connectivity index (χ0) is 25.2. The highest BCUT2D eigenvalue weighted by atomic mass is 35.5. The van der Waals surface area contributed by atoms with Crippen molar-refractivity contribution in [3.05, 3.63) is 50.7 Å². The molecule has 8 nitrogen and oxygen atoms in total. The molecule has 0 unspecified atom stereocenters. The molecule has 10 heteroatoms. The van der Waals surface area contributed by atoms with Gasteiger partial charge in [0.1, 0.15) is 11.6 Å². The van der Waals surface area contributed by atoms with Crippen LogP contribution in [0.1, 0.15) is 52.3 Å². The molecule has 0 bridgehead atoms. The summed E-state index contributed by atoms with van der Waals surface area (Å²) in [5.74, 6) is -1.07. The molecule has 1 aromatic carbocycles. The molecule has 4 amide bonds. The second-order valence-corrected chi connectivity index (χ2v) is 10.8. The number of hydrogen-bond donors (Lipinski definition) is 2. The lowest BCUT2D eigenvalue weighted by Crippen LogP contribution is -2.52. The zero-order valence-electron chi connectivity index (χ0n) is 19.9. The number of aryl methyl sites for hydroxylation is 1. The number of hydrogen-bond acceptors (Lipinski definition) is 5. The Morgan fingerprint density at radius 2 is 1.85 bits per heavy atom. The first-order chi connectivity index (χ1) is 15.9. The third-order valence-corrected chi connectivity index (χ3v) is 6.97. The van der Waals surface area contributed by atoms with Gasteiger partial charge in [0.15, 0.2) is 0 Å². The van der Waals surface area contributed by atoms with Gasteiger partial charge in [0, 0.05) is 31.9 Å². The molecule has 0 saturated carbocycles. The lowest BCUT2D eigenvalue weighted by molar-refractivity contribution is -0.132. The molecule has 2 N–H and O–H groups in total. The van der Waals surface area contributed by atoms with E-state index in [1.807, 2.05) is 0 Å². The largest absolute Gasteiger partial charge is 0.347 e. The molecule has 1 fully saturated rings. The number of halogens is 1. The summed E-state index contributed by atoms with van der Waals surface area (Å²) >= 11 is 7.02. The van der Waals surface area contributed by atoms with Crippen molar-refractivity contribution in [2.45, 2.75) is 45.2 Å². The van der Waals surface area contributed by atoms with E-state index < -0.39 is 17.5 Å². The van der Waals surface area contributed by atoms with E-state index in [4.69, 9.17) is 11.6 Å². The molecule has 0 aliphatic carbocycles. The Morgan fingerprint density at radius 1 is 1.15 bits per heavy atom. The van der Waals surface area contributed by atoms with Crippen LogP contribution < -0.4 is 10.6 Å². The smallest absolute Gasteiger partial charge is 0.262 e. The maximum atomic E-state index is 13.2. The molecule has 3 rings (SSSR count). The second-order valence-electron chi connectivity index (χ2n) is 9.06. The summed E-state index contributed by atoms with van der Waals surface area (Å²) in [6, 6.07) is 7.79. The average molecular weight is 505 g/mol. The topological polar surface area (TPSA) is 98.8 Å². The quantitative estimate of drug-likeness (QED) is 0.628. The SMILES string of the molecule is Cc1cc(NC(=O)C(C)(C)NC(=O)c2ccc(Cl)s2)ccc1C(=O)N1CCC[C@H]1C(=O)N(C)C. The minimum Gasteiger partial charge on any atom is -0.347 e. The van der Waals surface area contributed by atoms with Gasteiger partial charge in [0.05, 0.1) is 9.21 Å². The maximum Gasteiger partial charge on any atom is 0.262 e. The Labute approximate surface area is 208 Å². The van der Waals surface area contributed by atoms with Gasteiger partial charge in [-0.1, -0.05) is 11.6 Å². The van der Waals surface area contributed by atoms with Crippen molar-refractivity contribution in [2.24, 2.45) is 0 Å². The third kappa shape index (κ3) is 5.59. The van der Waals surface area contributed by atoms with Crippen molar-refractivity contribution >= 4 is 52.3 Å². The monoisotopic (exact) mass is 504 g/mol. The summed E-state index contributed by atoms with van der Waals surface area (Å²) in [4.78, 5) is 54.5. The molecule has 1 aliphatic heterocycles. The van der Waals surface area contributed by atoms with Crippen molar-refractivity contribution in [3.63, 3.8) is 0 Å². The summed E-state index contributed by atoms with van der Waals surface area (Å²) in [5.41, 5.74) is 0.480. The van der Waals surface area contributed by atoms with Crippen LogP contribution in [0.2, 0.25) is 4.34 Å². The van der Waals surface area contributed by atoms with Crippen LogP contribution in [0.25, 0.3) is 0 Å². The Balaban J connectivity index is 1.69. The predicted octanol–water partition coefficient (Wildman–Crippen LogP) is 3.55. The summed E-state index contributed by atoms with van der Waals surface area (Å²) in [6.45, 7) is 5.53.